The molecule has 1 rings (SSSR count). The molecule has 0 aliphatic rings. The van der Waals surface area contributed by atoms with E-state index >= 15 is 0 Å². The van der Waals surface area contributed by atoms with Gasteiger partial charge in [-0.1, -0.05) is 17.3 Å². The smallest absolute Gasteiger partial charge is 0.229 e. The third-order valence-corrected chi connectivity index (χ3v) is 3.21. The zero-order chi connectivity index (χ0) is 13.5. The van der Waals surface area contributed by atoms with Crippen LogP contribution in [0.2, 0.25) is 0 Å². The molecule has 1 aromatic carbocycles. The van der Waals surface area contributed by atoms with Crippen molar-refractivity contribution in [3.05, 3.63) is 35.1 Å². The van der Waals surface area contributed by atoms with E-state index in [9.17, 15) is 9.18 Å². The Kier molecular flexibility index (Phi) is 5.44. The summed E-state index contributed by atoms with van der Waals surface area (Å²) in [6, 6.07) is 4.32. The summed E-state index contributed by atoms with van der Waals surface area (Å²) in [4.78, 5) is 11.0. The maximum absolute atomic E-state index is 13.6. The van der Waals surface area contributed by atoms with Crippen LogP contribution < -0.4 is 11.1 Å². The van der Waals surface area contributed by atoms with Gasteiger partial charge in [0.25, 0.3) is 0 Å². The molecule has 7 heteroatoms. The molecule has 0 atom stereocenters. The van der Waals surface area contributed by atoms with Crippen molar-refractivity contribution in [1.82, 2.24) is 5.32 Å². The van der Waals surface area contributed by atoms with E-state index in [0.29, 0.717) is 16.9 Å². The van der Waals surface area contributed by atoms with Crippen LogP contribution >= 0.6 is 11.8 Å². The number of nitrogens with zero attached hydrogens (tertiary/aromatic N) is 1. The van der Waals surface area contributed by atoms with Crippen LogP contribution in [0.25, 0.3) is 0 Å². The number of benzene rings is 1. The number of carbonyl (C=O) groups is 1. The summed E-state index contributed by atoms with van der Waals surface area (Å²) < 4.78 is 13.6. The third-order valence-electron chi connectivity index (χ3n) is 2.23. The highest BCUT2D eigenvalue weighted by Crippen LogP contribution is 2.17. The van der Waals surface area contributed by atoms with E-state index in [2.05, 4.69) is 10.5 Å². The Hall–Kier alpha value is -1.76. The highest BCUT2D eigenvalue weighted by Gasteiger charge is 2.07. The van der Waals surface area contributed by atoms with Crippen LogP contribution in [0.4, 0.5) is 4.39 Å². The van der Waals surface area contributed by atoms with E-state index in [1.54, 1.807) is 19.2 Å². The lowest BCUT2D eigenvalue weighted by Crippen LogP contribution is -2.19. The molecule has 0 saturated heterocycles. The molecule has 0 radical (unpaired) electrons. The van der Waals surface area contributed by atoms with Gasteiger partial charge >= 0.3 is 0 Å². The first-order chi connectivity index (χ1) is 8.58. The summed E-state index contributed by atoms with van der Waals surface area (Å²) in [5.41, 5.74) is 6.13. The lowest BCUT2D eigenvalue weighted by molar-refractivity contribution is -0.118. The molecule has 0 fully saturated rings. The Labute approximate surface area is 108 Å². The van der Waals surface area contributed by atoms with Crippen molar-refractivity contribution in [3.63, 3.8) is 0 Å². The molecular formula is C11H14FN3O2S. The van der Waals surface area contributed by atoms with Crippen molar-refractivity contribution >= 4 is 23.5 Å². The van der Waals surface area contributed by atoms with Crippen molar-refractivity contribution in [2.45, 2.75) is 5.75 Å². The average molecular weight is 271 g/mol. The molecule has 0 aromatic heterocycles. The summed E-state index contributed by atoms with van der Waals surface area (Å²) in [5.74, 6) is -0.0242. The largest absolute Gasteiger partial charge is 0.409 e. The number of thioether (sulfide) groups is 1. The molecule has 98 valence electrons. The van der Waals surface area contributed by atoms with E-state index in [1.165, 1.54) is 17.8 Å². The molecule has 0 bridgehead atoms. The summed E-state index contributed by atoms with van der Waals surface area (Å²) in [6.07, 6.45) is 0. The maximum atomic E-state index is 13.6. The van der Waals surface area contributed by atoms with Crippen LogP contribution in [0.15, 0.2) is 23.4 Å². The highest BCUT2D eigenvalue weighted by molar-refractivity contribution is 7.99. The predicted octanol–water partition coefficient (Wildman–Crippen LogP) is 0.899. The number of halogens is 1. The van der Waals surface area contributed by atoms with Crippen molar-refractivity contribution in [2.75, 3.05) is 12.8 Å². The van der Waals surface area contributed by atoms with E-state index in [4.69, 9.17) is 10.9 Å². The van der Waals surface area contributed by atoms with Gasteiger partial charge in [0.15, 0.2) is 5.84 Å². The number of rotatable bonds is 5. The number of amides is 1. The Balaban J connectivity index is 2.66. The van der Waals surface area contributed by atoms with Gasteiger partial charge in [0, 0.05) is 18.4 Å². The number of amidine groups is 1. The summed E-state index contributed by atoms with van der Waals surface area (Å²) in [5, 5.41) is 13.7. The first-order valence-corrected chi connectivity index (χ1v) is 6.28. The Bertz CT molecular complexity index is 466. The topological polar surface area (TPSA) is 87.7 Å². The highest BCUT2D eigenvalue weighted by atomic mass is 32.2. The number of nitrogens with one attached hydrogen (secondary N) is 1. The fraction of sp³-hybridized carbons (Fsp3) is 0.273. The van der Waals surface area contributed by atoms with Crippen molar-refractivity contribution in [1.29, 1.82) is 0 Å². The van der Waals surface area contributed by atoms with Crippen molar-refractivity contribution in [2.24, 2.45) is 10.9 Å². The lowest BCUT2D eigenvalue weighted by Gasteiger charge is -2.05. The number of carbonyl (C=O) groups excluding carboxylic acids is 1. The number of nitrogens with two attached hydrogens (primary N) is 1. The fourth-order valence-corrected chi connectivity index (χ4v) is 2.09. The molecule has 4 N–H and O–H groups in total. The first-order valence-electron chi connectivity index (χ1n) is 5.13. The van der Waals surface area contributed by atoms with Crippen LogP contribution in [0, 0.1) is 5.82 Å². The molecule has 0 aliphatic carbocycles. The van der Waals surface area contributed by atoms with Crippen molar-refractivity contribution in [3.8, 4) is 0 Å². The molecule has 0 heterocycles. The van der Waals surface area contributed by atoms with Crippen LogP contribution in [0.1, 0.15) is 11.1 Å². The Morgan fingerprint density at radius 1 is 1.61 bits per heavy atom. The third kappa shape index (κ3) is 3.92. The normalized spacial score (nSPS) is 11.3. The molecule has 18 heavy (non-hydrogen) atoms. The van der Waals surface area contributed by atoms with Gasteiger partial charge in [-0.05, 0) is 11.6 Å². The number of oxime groups is 1. The second-order valence-corrected chi connectivity index (χ2v) is 4.44. The predicted molar refractivity (Wildman–Crippen MR) is 69.1 cm³/mol. The van der Waals surface area contributed by atoms with Crippen LogP contribution in [-0.2, 0) is 10.5 Å². The minimum atomic E-state index is -0.441. The van der Waals surface area contributed by atoms with E-state index < -0.39 is 5.82 Å². The second kappa shape index (κ2) is 6.85. The molecule has 0 aliphatic heterocycles. The zero-order valence-electron chi connectivity index (χ0n) is 9.81. The quantitative estimate of drug-likeness (QED) is 0.321. The van der Waals surface area contributed by atoms with E-state index in [0.717, 1.165) is 0 Å². The summed E-state index contributed by atoms with van der Waals surface area (Å²) >= 11 is 1.31. The van der Waals surface area contributed by atoms with E-state index in [1.807, 2.05) is 0 Å². The fourth-order valence-electron chi connectivity index (χ4n) is 1.21. The minimum absolute atomic E-state index is 0.103. The van der Waals surface area contributed by atoms with Crippen LogP contribution in [-0.4, -0.2) is 29.8 Å². The van der Waals surface area contributed by atoms with Crippen LogP contribution in [0.5, 0.6) is 0 Å². The standard InChI is InChI=1S/C11H14FN3O2S/c1-14-10(16)6-18-5-8-3-2-7(4-9(8)12)11(13)15-17/h2-4,17H,5-6H2,1H3,(H2,13,15)(H,14,16). The summed E-state index contributed by atoms with van der Waals surface area (Å²) in [7, 11) is 1.55. The van der Waals surface area contributed by atoms with Gasteiger partial charge in [0.1, 0.15) is 5.82 Å². The molecule has 5 nitrogen and oxygen atoms in total. The number of hydrogen-bond donors (Lipinski definition) is 3. The van der Waals surface area contributed by atoms with Gasteiger partial charge in [0.2, 0.25) is 5.91 Å². The molecule has 0 spiro atoms. The SMILES string of the molecule is CNC(=O)CSCc1ccc(/C(N)=N/O)cc1F. The molecule has 0 unspecified atom stereocenters. The molecule has 1 aromatic rings. The first kappa shape index (κ1) is 14.3. The molecule has 0 saturated carbocycles. The minimum Gasteiger partial charge on any atom is -0.409 e. The van der Waals surface area contributed by atoms with Gasteiger partial charge < -0.3 is 16.3 Å². The summed E-state index contributed by atoms with van der Waals surface area (Å²) in [6.45, 7) is 0. The average Bonchev–Trinajstić information content (AvgIpc) is 2.39. The van der Waals surface area contributed by atoms with E-state index in [-0.39, 0.29) is 17.5 Å². The molecular weight excluding hydrogens is 257 g/mol. The van der Waals surface area contributed by atoms with Crippen LogP contribution in [0.3, 0.4) is 0 Å². The zero-order valence-corrected chi connectivity index (χ0v) is 10.6. The van der Waals surface area contributed by atoms with Crippen molar-refractivity contribution < 1.29 is 14.4 Å². The Morgan fingerprint density at radius 3 is 2.89 bits per heavy atom. The molecule has 1 amide bonds. The second-order valence-electron chi connectivity index (χ2n) is 3.46. The Morgan fingerprint density at radius 2 is 2.33 bits per heavy atom. The van der Waals surface area contributed by atoms with Gasteiger partial charge in [-0.25, -0.2) is 4.39 Å². The van der Waals surface area contributed by atoms with Gasteiger partial charge in [-0.2, -0.15) is 0 Å². The van der Waals surface area contributed by atoms with Gasteiger partial charge in [-0.3, -0.25) is 4.79 Å². The maximum Gasteiger partial charge on any atom is 0.229 e. The lowest BCUT2D eigenvalue weighted by atomic mass is 10.1. The number of hydrogen-bond acceptors (Lipinski definition) is 4. The van der Waals surface area contributed by atoms with Gasteiger partial charge in [-0.15, -0.1) is 11.8 Å². The monoisotopic (exact) mass is 271 g/mol. The van der Waals surface area contributed by atoms with Gasteiger partial charge in [0.05, 0.1) is 5.75 Å².